The van der Waals surface area contributed by atoms with Crippen LogP contribution in [0.1, 0.15) is 48.0 Å². The maximum atomic E-state index is 14.4. The van der Waals surface area contributed by atoms with Crippen LogP contribution in [0.4, 0.5) is 4.39 Å². The van der Waals surface area contributed by atoms with E-state index in [1.54, 1.807) is 18.2 Å². The Morgan fingerprint density at radius 3 is 2.27 bits per heavy atom. The highest BCUT2D eigenvalue weighted by Crippen LogP contribution is 2.41. The van der Waals surface area contributed by atoms with Gasteiger partial charge in [-0.2, -0.15) is 0 Å². The number of carbonyl (C=O) groups excluding carboxylic acids is 2. The number of hydrogen-bond acceptors (Lipinski definition) is 4. The minimum absolute atomic E-state index is 0.230. The van der Waals surface area contributed by atoms with Gasteiger partial charge in [0.1, 0.15) is 11.6 Å². The number of benzene rings is 2. The SMILES string of the molecule is O=C(NO)c1ccc(OC(=O)C2(c3ccccc3F)CCCCC2)cc1. The van der Waals surface area contributed by atoms with E-state index >= 15 is 0 Å². The molecule has 0 saturated heterocycles. The average Bonchev–Trinajstić information content (AvgIpc) is 2.68. The third-order valence-electron chi connectivity index (χ3n) is 4.92. The van der Waals surface area contributed by atoms with Crippen molar-refractivity contribution in [3.8, 4) is 5.75 Å². The topological polar surface area (TPSA) is 75.6 Å². The van der Waals surface area contributed by atoms with Gasteiger partial charge in [-0.25, -0.2) is 9.87 Å². The molecule has 0 spiro atoms. The van der Waals surface area contributed by atoms with Crippen LogP contribution in [0.15, 0.2) is 48.5 Å². The van der Waals surface area contributed by atoms with Crippen molar-refractivity contribution in [2.45, 2.75) is 37.5 Å². The molecule has 0 radical (unpaired) electrons. The summed E-state index contributed by atoms with van der Waals surface area (Å²) in [6.07, 6.45) is 3.75. The van der Waals surface area contributed by atoms with Crippen molar-refractivity contribution in [2.75, 3.05) is 0 Å². The Hall–Kier alpha value is -2.73. The molecule has 136 valence electrons. The molecule has 1 saturated carbocycles. The monoisotopic (exact) mass is 357 g/mol. The highest BCUT2D eigenvalue weighted by Gasteiger charge is 2.44. The molecule has 0 aliphatic heterocycles. The fourth-order valence-electron chi connectivity index (χ4n) is 3.53. The van der Waals surface area contributed by atoms with Gasteiger partial charge in [-0.1, -0.05) is 37.5 Å². The standard InChI is InChI=1S/C20H20FNO4/c21-17-7-3-2-6-16(17)20(12-4-1-5-13-20)19(24)26-15-10-8-14(9-11-15)18(23)22-25/h2-3,6-11,25H,1,4-5,12-13H2,(H,22,23). The molecule has 1 aliphatic carbocycles. The van der Waals surface area contributed by atoms with Crippen molar-refractivity contribution in [3.63, 3.8) is 0 Å². The van der Waals surface area contributed by atoms with Gasteiger partial charge in [-0.15, -0.1) is 0 Å². The summed E-state index contributed by atoms with van der Waals surface area (Å²) in [5, 5.41) is 8.64. The van der Waals surface area contributed by atoms with E-state index in [0.717, 1.165) is 19.3 Å². The summed E-state index contributed by atoms with van der Waals surface area (Å²) in [5.41, 5.74) is 1.15. The van der Waals surface area contributed by atoms with Gasteiger partial charge in [0.05, 0.1) is 5.41 Å². The van der Waals surface area contributed by atoms with Crippen molar-refractivity contribution in [3.05, 3.63) is 65.5 Å². The van der Waals surface area contributed by atoms with Crippen LogP contribution in [-0.4, -0.2) is 17.1 Å². The summed E-state index contributed by atoms with van der Waals surface area (Å²) in [6, 6.07) is 12.2. The molecular formula is C20H20FNO4. The maximum Gasteiger partial charge on any atom is 0.322 e. The summed E-state index contributed by atoms with van der Waals surface area (Å²) >= 11 is 0. The lowest BCUT2D eigenvalue weighted by Crippen LogP contribution is -2.41. The number of esters is 1. The predicted octanol–water partition coefficient (Wildman–Crippen LogP) is 3.75. The molecule has 1 amide bonds. The van der Waals surface area contributed by atoms with Gasteiger partial charge in [0, 0.05) is 11.1 Å². The number of hydrogen-bond donors (Lipinski definition) is 2. The lowest BCUT2D eigenvalue weighted by atomic mass is 9.69. The van der Waals surface area contributed by atoms with Crippen LogP contribution in [0.25, 0.3) is 0 Å². The molecule has 0 atom stereocenters. The van der Waals surface area contributed by atoms with Crippen LogP contribution in [0, 0.1) is 5.82 Å². The minimum Gasteiger partial charge on any atom is -0.426 e. The fourth-order valence-corrected chi connectivity index (χ4v) is 3.53. The molecule has 0 heterocycles. The third kappa shape index (κ3) is 3.46. The zero-order valence-corrected chi connectivity index (χ0v) is 14.2. The molecule has 0 aromatic heterocycles. The summed E-state index contributed by atoms with van der Waals surface area (Å²) in [4.78, 5) is 24.4. The lowest BCUT2D eigenvalue weighted by Gasteiger charge is -2.35. The molecule has 2 aromatic carbocycles. The highest BCUT2D eigenvalue weighted by atomic mass is 19.1. The number of nitrogens with one attached hydrogen (secondary N) is 1. The van der Waals surface area contributed by atoms with Crippen LogP contribution < -0.4 is 10.2 Å². The second kappa shape index (κ2) is 7.66. The Bertz CT molecular complexity index is 798. The number of carbonyl (C=O) groups is 2. The molecule has 5 nitrogen and oxygen atoms in total. The summed E-state index contributed by atoms with van der Waals surface area (Å²) < 4.78 is 20.0. The Balaban J connectivity index is 1.87. The molecule has 3 rings (SSSR count). The first-order valence-corrected chi connectivity index (χ1v) is 8.58. The Morgan fingerprint density at radius 1 is 1.00 bits per heavy atom. The van der Waals surface area contributed by atoms with Gasteiger partial charge in [-0.3, -0.25) is 14.8 Å². The largest absolute Gasteiger partial charge is 0.426 e. The maximum absolute atomic E-state index is 14.4. The van der Waals surface area contributed by atoms with E-state index in [0.29, 0.717) is 18.4 Å². The third-order valence-corrected chi connectivity index (χ3v) is 4.92. The van der Waals surface area contributed by atoms with E-state index in [9.17, 15) is 14.0 Å². The van der Waals surface area contributed by atoms with Crippen molar-refractivity contribution in [2.24, 2.45) is 0 Å². The van der Waals surface area contributed by atoms with Gasteiger partial charge in [0.15, 0.2) is 0 Å². The normalized spacial score (nSPS) is 15.9. The predicted molar refractivity (Wildman–Crippen MR) is 92.5 cm³/mol. The second-order valence-corrected chi connectivity index (χ2v) is 6.48. The van der Waals surface area contributed by atoms with E-state index in [2.05, 4.69) is 0 Å². The van der Waals surface area contributed by atoms with E-state index in [1.165, 1.54) is 35.8 Å². The summed E-state index contributed by atoms with van der Waals surface area (Å²) in [6.45, 7) is 0. The van der Waals surface area contributed by atoms with Crippen LogP contribution in [0.3, 0.4) is 0 Å². The number of amides is 1. The Labute approximate surface area is 150 Å². The quantitative estimate of drug-likeness (QED) is 0.378. The number of halogens is 1. The zero-order chi connectivity index (χ0) is 18.6. The van der Waals surface area contributed by atoms with Gasteiger partial charge < -0.3 is 4.74 Å². The van der Waals surface area contributed by atoms with Crippen LogP contribution in [0.5, 0.6) is 5.75 Å². The molecule has 0 unspecified atom stereocenters. The number of hydroxylamine groups is 1. The van der Waals surface area contributed by atoms with Crippen molar-refractivity contribution < 1.29 is 23.9 Å². The number of rotatable bonds is 4. The van der Waals surface area contributed by atoms with Crippen LogP contribution >= 0.6 is 0 Å². The van der Waals surface area contributed by atoms with E-state index in [4.69, 9.17) is 9.94 Å². The van der Waals surface area contributed by atoms with Gasteiger partial charge in [0.25, 0.3) is 5.91 Å². The van der Waals surface area contributed by atoms with Gasteiger partial charge in [-0.05, 0) is 43.2 Å². The number of ether oxygens (including phenoxy) is 1. The molecule has 26 heavy (non-hydrogen) atoms. The first-order valence-electron chi connectivity index (χ1n) is 8.58. The van der Waals surface area contributed by atoms with Crippen molar-refractivity contribution >= 4 is 11.9 Å². The van der Waals surface area contributed by atoms with Crippen LogP contribution in [-0.2, 0) is 10.2 Å². The Kier molecular flexibility index (Phi) is 5.32. The summed E-state index contributed by atoms with van der Waals surface area (Å²) in [7, 11) is 0. The minimum atomic E-state index is -0.995. The highest BCUT2D eigenvalue weighted by molar-refractivity contribution is 5.93. The first kappa shape index (κ1) is 18.1. The smallest absolute Gasteiger partial charge is 0.322 e. The molecule has 2 N–H and O–H groups in total. The fraction of sp³-hybridized carbons (Fsp3) is 0.300. The van der Waals surface area contributed by atoms with Crippen LogP contribution in [0.2, 0.25) is 0 Å². The van der Waals surface area contributed by atoms with Crippen molar-refractivity contribution in [1.82, 2.24) is 5.48 Å². The molecule has 2 aromatic rings. The second-order valence-electron chi connectivity index (χ2n) is 6.48. The van der Waals surface area contributed by atoms with E-state index in [1.807, 2.05) is 0 Å². The first-order chi connectivity index (χ1) is 12.6. The molecule has 1 fully saturated rings. The average molecular weight is 357 g/mol. The van der Waals surface area contributed by atoms with E-state index < -0.39 is 23.1 Å². The molecular weight excluding hydrogens is 337 g/mol. The molecule has 6 heteroatoms. The van der Waals surface area contributed by atoms with Crippen molar-refractivity contribution in [1.29, 1.82) is 0 Å². The van der Waals surface area contributed by atoms with Gasteiger partial charge in [0.2, 0.25) is 0 Å². The zero-order valence-electron chi connectivity index (χ0n) is 14.2. The Morgan fingerprint density at radius 2 is 1.65 bits per heavy atom. The summed E-state index contributed by atoms with van der Waals surface area (Å²) in [5.74, 6) is -1.27. The van der Waals surface area contributed by atoms with Gasteiger partial charge >= 0.3 is 5.97 Å². The van der Waals surface area contributed by atoms with E-state index in [-0.39, 0.29) is 11.3 Å². The molecule has 1 aliphatic rings. The lowest BCUT2D eigenvalue weighted by molar-refractivity contribution is -0.142. The molecule has 0 bridgehead atoms.